The van der Waals surface area contributed by atoms with E-state index in [1.807, 2.05) is 0 Å². The van der Waals surface area contributed by atoms with Crippen LogP contribution >= 0.6 is 23.2 Å². The molecule has 21 heavy (non-hydrogen) atoms. The molecule has 2 rings (SSSR count). The first-order valence-corrected chi connectivity index (χ1v) is 7.86. The van der Waals surface area contributed by atoms with E-state index in [9.17, 15) is 5.11 Å². The molecule has 1 aromatic rings. The molecule has 0 amide bonds. The number of aliphatic hydroxyl groups is 1. The molecule has 1 aliphatic carbocycles. The molecule has 0 aliphatic heterocycles. The third kappa shape index (κ3) is 5.01. The molecule has 0 radical (unpaired) electrons. The molecule has 1 aliphatic rings. The smallest absolute Gasteiger partial charge is 0.156 e. The molecule has 4 nitrogen and oxygen atoms in total. The van der Waals surface area contributed by atoms with Crippen LogP contribution in [0.15, 0.2) is 18.2 Å². The van der Waals surface area contributed by atoms with Crippen LogP contribution in [-0.4, -0.2) is 43.6 Å². The van der Waals surface area contributed by atoms with Crippen LogP contribution in [0.5, 0.6) is 5.75 Å². The van der Waals surface area contributed by atoms with Crippen LogP contribution in [0.25, 0.3) is 0 Å². The lowest BCUT2D eigenvalue weighted by Gasteiger charge is -2.18. The lowest BCUT2D eigenvalue weighted by Crippen LogP contribution is -2.37. The van der Waals surface area contributed by atoms with Gasteiger partial charge in [-0.2, -0.15) is 0 Å². The molecule has 6 heteroatoms. The Morgan fingerprint density at radius 3 is 2.67 bits per heavy atom. The fourth-order valence-electron chi connectivity index (χ4n) is 2.50. The average Bonchev–Trinajstić information content (AvgIpc) is 2.92. The summed E-state index contributed by atoms with van der Waals surface area (Å²) in [6.07, 6.45) is 2.84. The molecule has 1 saturated carbocycles. The van der Waals surface area contributed by atoms with E-state index in [-0.39, 0.29) is 6.61 Å². The molecule has 0 heterocycles. The van der Waals surface area contributed by atoms with Crippen LogP contribution in [0.2, 0.25) is 10.0 Å². The van der Waals surface area contributed by atoms with Gasteiger partial charge in [-0.05, 0) is 31.4 Å². The average molecular weight is 334 g/mol. The first kappa shape index (κ1) is 16.8. The van der Waals surface area contributed by atoms with Crippen LogP contribution in [0.4, 0.5) is 0 Å². The molecule has 3 unspecified atom stereocenters. The van der Waals surface area contributed by atoms with Gasteiger partial charge in [0.15, 0.2) is 5.75 Å². The zero-order valence-corrected chi connectivity index (χ0v) is 13.5. The van der Waals surface area contributed by atoms with Crippen molar-refractivity contribution in [3.8, 4) is 5.75 Å². The van der Waals surface area contributed by atoms with Crippen molar-refractivity contribution < 1.29 is 14.6 Å². The summed E-state index contributed by atoms with van der Waals surface area (Å²) in [6.45, 7) is 0.625. The van der Waals surface area contributed by atoms with Gasteiger partial charge in [-0.15, -0.1) is 0 Å². The van der Waals surface area contributed by atoms with E-state index in [0.29, 0.717) is 34.5 Å². The molecule has 1 fully saturated rings. The molecule has 0 aromatic heterocycles. The predicted molar refractivity (Wildman–Crippen MR) is 84.4 cm³/mol. The maximum absolute atomic E-state index is 9.97. The third-order valence-electron chi connectivity index (χ3n) is 3.70. The van der Waals surface area contributed by atoms with Crippen molar-refractivity contribution in [2.75, 3.05) is 20.3 Å². The zero-order chi connectivity index (χ0) is 15.2. The van der Waals surface area contributed by atoms with E-state index in [4.69, 9.17) is 32.7 Å². The van der Waals surface area contributed by atoms with Gasteiger partial charge in [-0.25, -0.2) is 0 Å². The lowest BCUT2D eigenvalue weighted by atomic mass is 10.2. The largest absolute Gasteiger partial charge is 0.488 e. The van der Waals surface area contributed by atoms with Gasteiger partial charge in [0.05, 0.1) is 16.1 Å². The van der Waals surface area contributed by atoms with Crippen LogP contribution in [-0.2, 0) is 4.74 Å². The number of halogens is 2. The fourth-order valence-corrected chi connectivity index (χ4v) is 3.01. The van der Waals surface area contributed by atoms with E-state index in [2.05, 4.69) is 5.32 Å². The van der Waals surface area contributed by atoms with Gasteiger partial charge in [0.1, 0.15) is 12.7 Å². The van der Waals surface area contributed by atoms with Crippen molar-refractivity contribution in [3.63, 3.8) is 0 Å². The fraction of sp³-hybridized carbons (Fsp3) is 0.600. The first-order chi connectivity index (χ1) is 10.1. The van der Waals surface area contributed by atoms with Crippen molar-refractivity contribution in [1.82, 2.24) is 5.32 Å². The summed E-state index contributed by atoms with van der Waals surface area (Å²) in [5.74, 6) is 0.417. The van der Waals surface area contributed by atoms with E-state index < -0.39 is 6.10 Å². The van der Waals surface area contributed by atoms with Crippen molar-refractivity contribution in [2.45, 2.75) is 37.5 Å². The molecule has 0 spiro atoms. The first-order valence-electron chi connectivity index (χ1n) is 7.11. The highest BCUT2D eigenvalue weighted by Gasteiger charge is 2.24. The molecule has 118 valence electrons. The number of benzene rings is 1. The van der Waals surface area contributed by atoms with Gasteiger partial charge in [0.2, 0.25) is 0 Å². The third-order valence-corrected chi connectivity index (χ3v) is 4.29. The SMILES string of the molecule is COC1CCC(NCC(O)COc2c(Cl)cccc2Cl)C1. The highest BCUT2D eigenvalue weighted by Crippen LogP contribution is 2.32. The molecule has 0 bridgehead atoms. The molecule has 2 N–H and O–H groups in total. The summed E-state index contributed by atoms with van der Waals surface area (Å²) in [5, 5.41) is 14.2. The topological polar surface area (TPSA) is 50.7 Å². The molecule has 1 aromatic carbocycles. The number of methoxy groups -OCH3 is 1. The minimum atomic E-state index is -0.612. The Balaban J connectivity index is 1.71. The minimum Gasteiger partial charge on any atom is -0.488 e. The van der Waals surface area contributed by atoms with E-state index in [1.165, 1.54) is 0 Å². The summed E-state index contributed by atoms with van der Waals surface area (Å²) < 4.78 is 10.8. The highest BCUT2D eigenvalue weighted by atomic mass is 35.5. The van der Waals surface area contributed by atoms with Crippen LogP contribution in [0, 0.1) is 0 Å². The van der Waals surface area contributed by atoms with Gasteiger partial charge in [0, 0.05) is 19.7 Å². The summed E-state index contributed by atoms with van der Waals surface area (Å²) in [7, 11) is 1.74. The molecule has 3 atom stereocenters. The minimum absolute atomic E-state index is 0.150. The predicted octanol–water partition coefficient (Wildman–Crippen LogP) is 2.89. The van der Waals surface area contributed by atoms with Gasteiger partial charge in [-0.1, -0.05) is 29.3 Å². The molecule has 0 saturated heterocycles. The quantitative estimate of drug-likeness (QED) is 0.805. The van der Waals surface area contributed by atoms with Gasteiger partial charge in [-0.3, -0.25) is 0 Å². The summed E-state index contributed by atoms with van der Waals surface area (Å²) in [6, 6.07) is 5.56. The standard InChI is InChI=1S/C15H21Cl2NO3/c1-20-12-6-5-10(7-12)18-8-11(19)9-21-15-13(16)3-2-4-14(15)17/h2-4,10-12,18-19H,5-9H2,1H3. The number of hydrogen-bond acceptors (Lipinski definition) is 4. The second kappa shape index (κ2) is 8.20. The van der Waals surface area contributed by atoms with Crippen LogP contribution < -0.4 is 10.1 Å². The van der Waals surface area contributed by atoms with Gasteiger partial charge in [0.25, 0.3) is 0 Å². The zero-order valence-electron chi connectivity index (χ0n) is 12.0. The maximum atomic E-state index is 9.97. The second-order valence-corrected chi connectivity index (χ2v) is 6.11. The number of ether oxygens (including phenoxy) is 2. The Labute approximate surface area is 135 Å². The normalized spacial score (nSPS) is 23.2. The van der Waals surface area contributed by atoms with E-state index >= 15 is 0 Å². The van der Waals surface area contributed by atoms with Crippen LogP contribution in [0.1, 0.15) is 19.3 Å². The number of para-hydroxylation sites is 1. The van der Waals surface area contributed by atoms with Crippen molar-refractivity contribution in [2.24, 2.45) is 0 Å². The number of nitrogens with one attached hydrogen (secondary N) is 1. The lowest BCUT2D eigenvalue weighted by molar-refractivity contribution is 0.0967. The van der Waals surface area contributed by atoms with E-state index in [1.54, 1.807) is 25.3 Å². The Kier molecular flexibility index (Phi) is 6.58. The summed E-state index contributed by atoms with van der Waals surface area (Å²) >= 11 is 12.0. The van der Waals surface area contributed by atoms with Crippen LogP contribution in [0.3, 0.4) is 0 Å². The Hall–Kier alpha value is -0.520. The second-order valence-electron chi connectivity index (χ2n) is 5.29. The monoisotopic (exact) mass is 333 g/mol. The van der Waals surface area contributed by atoms with Crippen molar-refractivity contribution in [1.29, 1.82) is 0 Å². The summed E-state index contributed by atoms with van der Waals surface area (Å²) in [5.41, 5.74) is 0. The Morgan fingerprint density at radius 1 is 1.33 bits per heavy atom. The van der Waals surface area contributed by atoms with Gasteiger partial charge < -0.3 is 19.9 Å². The maximum Gasteiger partial charge on any atom is 0.156 e. The molecular weight excluding hydrogens is 313 g/mol. The number of hydrogen-bond donors (Lipinski definition) is 2. The van der Waals surface area contributed by atoms with Crippen molar-refractivity contribution in [3.05, 3.63) is 28.2 Å². The van der Waals surface area contributed by atoms with E-state index in [0.717, 1.165) is 19.3 Å². The summed E-state index contributed by atoms with van der Waals surface area (Å²) in [4.78, 5) is 0. The number of rotatable bonds is 7. The molecular formula is C15H21Cl2NO3. The number of aliphatic hydroxyl groups excluding tert-OH is 1. The Bertz CT molecular complexity index is 438. The Morgan fingerprint density at radius 2 is 2.05 bits per heavy atom. The van der Waals surface area contributed by atoms with Gasteiger partial charge >= 0.3 is 0 Å². The highest BCUT2D eigenvalue weighted by molar-refractivity contribution is 6.37. The van der Waals surface area contributed by atoms with Crippen molar-refractivity contribution >= 4 is 23.2 Å².